The van der Waals surface area contributed by atoms with E-state index in [-0.39, 0.29) is 11.3 Å². The average Bonchev–Trinajstić information content (AvgIpc) is 3.10. The van der Waals surface area contributed by atoms with Gasteiger partial charge in [-0.25, -0.2) is 10.4 Å². The van der Waals surface area contributed by atoms with Gasteiger partial charge < -0.3 is 10.3 Å². The smallest absolute Gasteiger partial charge is 0.333 e. The van der Waals surface area contributed by atoms with Crippen LogP contribution < -0.4 is 15.8 Å². The first-order chi connectivity index (χ1) is 10.6. The van der Waals surface area contributed by atoms with Crippen LogP contribution in [0.15, 0.2) is 6.20 Å². The van der Waals surface area contributed by atoms with Crippen LogP contribution in [0.5, 0.6) is 0 Å². The summed E-state index contributed by atoms with van der Waals surface area (Å²) >= 11 is 0. The van der Waals surface area contributed by atoms with Crippen LogP contribution in [0.2, 0.25) is 0 Å². The minimum atomic E-state index is -0.451. The number of rotatable bonds is 5. The Morgan fingerprint density at radius 1 is 1.55 bits per heavy atom. The summed E-state index contributed by atoms with van der Waals surface area (Å²) in [7, 11) is 1.74. The largest absolute Gasteiger partial charge is 0.353 e. The van der Waals surface area contributed by atoms with Crippen molar-refractivity contribution in [2.75, 3.05) is 23.9 Å². The molecule has 1 atom stereocenters. The Bertz CT molecular complexity index is 727. The SMILES string of the molecule is CCC(C)N1CCc2c(NNC)nc3c([N+](=O)[O-])cnn3c21. The van der Waals surface area contributed by atoms with Gasteiger partial charge in [-0.15, -0.1) is 0 Å². The van der Waals surface area contributed by atoms with E-state index in [0.717, 1.165) is 30.8 Å². The normalized spacial score (nSPS) is 15.1. The van der Waals surface area contributed by atoms with E-state index >= 15 is 0 Å². The molecule has 1 aliphatic heterocycles. The second-order valence-electron chi connectivity index (χ2n) is 5.36. The Kier molecular flexibility index (Phi) is 3.57. The molecule has 3 heterocycles. The number of fused-ring (bicyclic) bond motifs is 3. The van der Waals surface area contributed by atoms with Crippen LogP contribution in [0.4, 0.5) is 17.3 Å². The predicted octanol–water partition coefficient (Wildman–Crippen LogP) is 1.34. The standard InChI is InChI=1S/C13H19N7O2/c1-4-8(2)18-6-5-9-11(17-14-3)16-12-10(20(21)22)7-15-19(12)13(9)18/h7-8,14H,4-6H2,1-3H3,(H,16,17). The maximum absolute atomic E-state index is 11.2. The topological polar surface area (TPSA) is 101 Å². The predicted molar refractivity (Wildman–Crippen MR) is 83.1 cm³/mol. The molecular weight excluding hydrogens is 286 g/mol. The van der Waals surface area contributed by atoms with Gasteiger partial charge in [0.2, 0.25) is 5.65 Å². The molecule has 1 aliphatic rings. The van der Waals surface area contributed by atoms with Crippen molar-refractivity contribution in [1.82, 2.24) is 20.0 Å². The van der Waals surface area contributed by atoms with Gasteiger partial charge in [0.05, 0.1) is 4.92 Å². The van der Waals surface area contributed by atoms with Gasteiger partial charge in [0.1, 0.15) is 17.8 Å². The van der Waals surface area contributed by atoms with Crippen molar-refractivity contribution in [2.24, 2.45) is 0 Å². The van der Waals surface area contributed by atoms with Crippen LogP contribution in [-0.4, -0.2) is 39.2 Å². The lowest BCUT2D eigenvalue weighted by Gasteiger charge is -2.26. The second kappa shape index (κ2) is 5.41. The molecule has 0 saturated heterocycles. The summed E-state index contributed by atoms with van der Waals surface area (Å²) < 4.78 is 1.59. The molecule has 2 N–H and O–H groups in total. The van der Waals surface area contributed by atoms with Crippen molar-refractivity contribution in [1.29, 1.82) is 0 Å². The van der Waals surface area contributed by atoms with Gasteiger partial charge in [0, 0.05) is 25.2 Å². The van der Waals surface area contributed by atoms with Gasteiger partial charge in [0.25, 0.3) is 0 Å². The van der Waals surface area contributed by atoms with E-state index in [0.29, 0.717) is 11.9 Å². The van der Waals surface area contributed by atoms with E-state index < -0.39 is 4.92 Å². The Hall–Kier alpha value is -2.42. The number of hydrazine groups is 1. The summed E-state index contributed by atoms with van der Waals surface area (Å²) in [4.78, 5) is 17.4. The number of nitro groups is 1. The zero-order chi connectivity index (χ0) is 15.9. The van der Waals surface area contributed by atoms with Crippen molar-refractivity contribution >= 4 is 23.0 Å². The van der Waals surface area contributed by atoms with Gasteiger partial charge in [0.15, 0.2) is 0 Å². The Balaban J connectivity index is 2.26. The fourth-order valence-electron chi connectivity index (χ4n) is 2.86. The van der Waals surface area contributed by atoms with Gasteiger partial charge in [-0.1, -0.05) is 6.92 Å². The first kappa shape index (κ1) is 14.5. The molecule has 0 aliphatic carbocycles. The number of anilines is 2. The summed E-state index contributed by atoms with van der Waals surface area (Å²) in [6, 6.07) is 0.331. The van der Waals surface area contributed by atoms with Gasteiger partial charge in [-0.2, -0.15) is 9.61 Å². The molecular formula is C13H19N7O2. The fraction of sp³-hybridized carbons (Fsp3) is 0.538. The van der Waals surface area contributed by atoms with E-state index in [1.165, 1.54) is 6.20 Å². The van der Waals surface area contributed by atoms with Crippen molar-refractivity contribution < 1.29 is 4.92 Å². The monoisotopic (exact) mass is 305 g/mol. The van der Waals surface area contributed by atoms with Crippen LogP contribution in [0, 0.1) is 10.1 Å². The molecule has 9 heteroatoms. The summed E-state index contributed by atoms with van der Waals surface area (Å²) in [5.74, 6) is 1.52. The third-order valence-electron chi connectivity index (χ3n) is 4.14. The lowest BCUT2D eigenvalue weighted by atomic mass is 10.2. The highest BCUT2D eigenvalue weighted by atomic mass is 16.6. The van der Waals surface area contributed by atoms with Crippen LogP contribution in [-0.2, 0) is 6.42 Å². The van der Waals surface area contributed by atoms with Crippen molar-refractivity contribution in [3.8, 4) is 0 Å². The first-order valence-electron chi connectivity index (χ1n) is 7.32. The van der Waals surface area contributed by atoms with Gasteiger partial charge in [-0.05, 0) is 19.8 Å². The lowest BCUT2D eigenvalue weighted by molar-refractivity contribution is -0.383. The van der Waals surface area contributed by atoms with E-state index in [4.69, 9.17) is 0 Å². The molecule has 22 heavy (non-hydrogen) atoms. The zero-order valence-corrected chi connectivity index (χ0v) is 12.8. The molecule has 2 aromatic rings. The van der Waals surface area contributed by atoms with Crippen molar-refractivity contribution in [2.45, 2.75) is 32.7 Å². The molecule has 0 radical (unpaired) electrons. The first-order valence-corrected chi connectivity index (χ1v) is 7.32. The van der Waals surface area contributed by atoms with E-state index in [1.54, 1.807) is 11.6 Å². The van der Waals surface area contributed by atoms with Crippen molar-refractivity contribution in [3.05, 3.63) is 21.9 Å². The summed E-state index contributed by atoms with van der Waals surface area (Å²) in [5.41, 5.74) is 7.03. The highest BCUT2D eigenvalue weighted by Crippen LogP contribution is 2.36. The molecule has 0 saturated carbocycles. The van der Waals surface area contributed by atoms with Gasteiger partial charge in [-0.3, -0.25) is 10.1 Å². The number of aromatic nitrogens is 3. The summed E-state index contributed by atoms with van der Waals surface area (Å²) in [6.07, 6.45) is 3.08. The third-order valence-corrected chi connectivity index (χ3v) is 4.14. The van der Waals surface area contributed by atoms with Crippen molar-refractivity contribution in [3.63, 3.8) is 0 Å². The molecule has 2 aromatic heterocycles. The zero-order valence-electron chi connectivity index (χ0n) is 12.8. The lowest BCUT2D eigenvalue weighted by Crippen LogP contribution is -2.32. The molecule has 1 unspecified atom stereocenters. The average molecular weight is 305 g/mol. The third kappa shape index (κ3) is 2.05. The second-order valence-corrected chi connectivity index (χ2v) is 5.36. The van der Waals surface area contributed by atoms with E-state index in [2.05, 4.69) is 39.7 Å². The van der Waals surface area contributed by atoms with Crippen LogP contribution in [0.3, 0.4) is 0 Å². The summed E-state index contributed by atoms with van der Waals surface area (Å²) in [6.45, 7) is 5.13. The van der Waals surface area contributed by atoms with E-state index in [1.807, 2.05) is 0 Å². The molecule has 0 aromatic carbocycles. The molecule has 0 fully saturated rings. The summed E-state index contributed by atoms with van der Waals surface area (Å²) in [5, 5.41) is 15.4. The maximum atomic E-state index is 11.2. The van der Waals surface area contributed by atoms with Crippen LogP contribution in [0.25, 0.3) is 5.65 Å². The highest BCUT2D eigenvalue weighted by Gasteiger charge is 2.32. The molecule has 0 amide bonds. The number of nitrogens with one attached hydrogen (secondary N) is 2. The highest BCUT2D eigenvalue weighted by molar-refractivity contribution is 5.72. The quantitative estimate of drug-likeness (QED) is 0.635. The van der Waals surface area contributed by atoms with Crippen LogP contribution in [0.1, 0.15) is 25.8 Å². The molecule has 0 spiro atoms. The molecule has 9 nitrogen and oxygen atoms in total. The van der Waals surface area contributed by atoms with Crippen LogP contribution >= 0.6 is 0 Å². The van der Waals surface area contributed by atoms with Gasteiger partial charge >= 0.3 is 5.69 Å². The minimum absolute atomic E-state index is 0.0852. The molecule has 118 valence electrons. The van der Waals surface area contributed by atoms with E-state index in [9.17, 15) is 10.1 Å². The Morgan fingerprint density at radius 2 is 2.32 bits per heavy atom. The fourth-order valence-corrected chi connectivity index (χ4v) is 2.86. The number of hydrogen-bond donors (Lipinski definition) is 2. The maximum Gasteiger partial charge on any atom is 0.333 e. The Labute approximate surface area is 127 Å². The Morgan fingerprint density at radius 3 is 2.95 bits per heavy atom. The molecule has 3 rings (SSSR count). The minimum Gasteiger partial charge on any atom is -0.353 e. The molecule has 0 bridgehead atoms. The number of hydrogen-bond acceptors (Lipinski definition) is 7. The number of nitrogens with zero attached hydrogens (tertiary/aromatic N) is 5.